The Balaban J connectivity index is 1.41. The first kappa shape index (κ1) is 19.7. The summed E-state index contributed by atoms with van der Waals surface area (Å²) in [6, 6.07) is 13.3. The highest BCUT2D eigenvalue weighted by atomic mass is 16.6. The van der Waals surface area contributed by atoms with E-state index in [4.69, 9.17) is 9.47 Å². The summed E-state index contributed by atoms with van der Waals surface area (Å²) in [5.74, 6) is -0.325. The zero-order valence-corrected chi connectivity index (χ0v) is 16.4. The summed E-state index contributed by atoms with van der Waals surface area (Å²) in [5.41, 5.74) is 3.90. The second kappa shape index (κ2) is 9.26. The number of carbonyl (C=O) groups excluding carboxylic acids is 2. The van der Waals surface area contributed by atoms with Crippen LogP contribution in [0.2, 0.25) is 0 Å². The second-order valence-corrected chi connectivity index (χ2v) is 6.94. The summed E-state index contributed by atoms with van der Waals surface area (Å²) in [6.45, 7) is 5.48. The normalized spacial score (nSPS) is 13.3. The van der Waals surface area contributed by atoms with Crippen molar-refractivity contribution in [1.82, 2.24) is 0 Å². The number of hydrogen-bond acceptors (Lipinski definition) is 5. The van der Waals surface area contributed by atoms with Crippen LogP contribution in [0.1, 0.15) is 24.0 Å². The van der Waals surface area contributed by atoms with Crippen LogP contribution in [0.5, 0.6) is 5.75 Å². The Bertz CT molecular complexity index is 827. The number of ether oxygens (including phenoxy) is 2. The molecular weight excluding hydrogens is 356 g/mol. The molecular formula is C22H26N2O4. The summed E-state index contributed by atoms with van der Waals surface area (Å²) in [4.78, 5) is 26.1. The van der Waals surface area contributed by atoms with Crippen LogP contribution >= 0.6 is 0 Å². The van der Waals surface area contributed by atoms with Crippen molar-refractivity contribution in [2.24, 2.45) is 0 Å². The van der Waals surface area contributed by atoms with Crippen molar-refractivity contribution in [2.45, 2.75) is 26.7 Å². The largest absolute Gasteiger partial charge is 0.482 e. The maximum atomic E-state index is 12.0. The van der Waals surface area contributed by atoms with Crippen LogP contribution < -0.4 is 15.0 Å². The molecule has 0 saturated carbocycles. The van der Waals surface area contributed by atoms with Crippen LogP contribution in [-0.4, -0.2) is 38.2 Å². The SMILES string of the molecule is Cc1cccc(OCC(=O)OCC(=O)Nc2ccc(N3CCCC3)cc2)c1C. The molecule has 0 spiro atoms. The maximum Gasteiger partial charge on any atom is 0.344 e. The minimum atomic E-state index is -0.583. The van der Waals surface area contributed by atoms with E-state index in [0.29, 0.717) is 11.4 Å². The van der Waals surface area contributed by atoms with Crippen LogP contribution in [0.25, 0.3) is 0 Å². The summed E-state index contributed by atoms with van der Waals surface area (Å²) in [7, 11) is 0. The number of benzene rings is 2. The summed E-state index contributed by atoms with van der Waals surface area (Å²) >= 11 is 0. The van der Waals surface area contributed by atoms with Crippen LogP contribution in [0.15, 0.2) is 42.5 Å². The quantitative estimate of drug-likeness (QED) is 0.743. The third-order valence-corrected chi connectivity index (χ3v) is 4.89. The molecule has 1 N–H and O–H groups in total. The zero-order chi connectivity index (χ0) is 19.9. The van der Waals surface area contributed by atoms with E-state index in [1.807, 2.05) is 50.2 Å². The van der Waals surface area contributed by atoms with E-state index in [0.717, 1.165) is 29.9 Å². The Morgan fingerprint density at radius 1 is 1.00 bits per heavy atom. The number of nitrogens with zero attached hydrogens (tertiary/aromatic N) is 1. The molecule has 0 atom stereocenters. The van der Waals surface area contributed by atoms with Gasteiger partial charge in [0.05, 0.1) is 0 Å². The average molecular weight is 382 g/mol. The van der Waals surface area contributed by atoms with Gasteiger partial charge in [-0.1, -0.05) is 12.1 Å². The fraction of sp³-hybridized carbons (Fsp3) is 0.364. The minimum absolute atomic E-state index is 0.234. The number of esters is 1. The molecule has 2 aromatic rings. The molecule has 6 heteroatoms. The molecule has 148 valence electrons. The van der Waals surface area contributed by atoms with Gasteiger partial charge in [-0.2, -0.15) is 0 Å². The van der Waals surface area contributed by atoms with Crippen molar-refractivity contribution in [3.05, 3.63) is 53.6 Å². The molecule has 1 amide bonds. The van der Waals surface area contributed by atoms with E-state index < -0.39 is 5.97 Å². The third kappa shape index (κ3) is 5.25. The molecule has 2 aromatic carbocycles. The van der Waals surface area contributed by atoms with Gasteiger partial charge in [0.1, 0.15) is 5.75 Å². The van der Waals surface area contributed by atoms with E-state index in [9.17, 15) is 9.59 Å². The van der Waals surface area contributed by atoms with E-state index in [1.165, 1.54) is 12.8 Å². The molecule has 6 nitrogen and oxygen atoms in total. The highest BCUT2D eigenvalue weighted by Gasteiger charge is 2.13. The van der Waals surface area contributed by atoms with Gasteiger partial charge in [-0.3, -0.25) is 4.79 Å². The number of carbonyl (C=O) groups is 2. The lowest BCUT2D eigenvalue weighted by atomic mass is 10.1. The van der Waals surface area contributed by atoms with Crippen molar-refractivity contribution < 1.29 is 19.1 Å². The third-order valence-electron chi connectivity index (χ3n) is 4.89. The molecule has 1 aliphatic rings. The predicted octanol–water partition coefficient (Wildman–Crippen LogP) is 3.46. The van der Waals surface area contributed by atoms with Gasteiger partial charge < -0.3 is 19.7 Å². The van der Waals surface area contributed by atoms with Crippen molar-refractivity contribution in [1.29, 1.82) is 0 Å². The standard InChI is InChI=1S/C22H26N2O4/c1-16-6-5-7-20(17(16)2)27-15-22(26)28-14-21(25)23-18-8-10-19(11-9-18)24-12-3-4-13-24/h5-11H,3-4,12-15H2,1-2H3,(H,23,25). The Labute approximate surface area is 165 Å². The highest BCUT2D eigenvalue weighted by molar-refractivity contribution is 5.93. The van der Waals surface area contributed by atoms with E-state index >= 15 is 0 Å². The Kier molecular flexibility index (Phi) is 6.53. The van der Waals surface area contributed by atoms with Crippen LogP contribution in [0, 0.1) is 13.8 Å². The van der Waals surface area contributed by atoms with Gasteiger partial charge in [0.2, 0.25) is 0 Å². The number of rotatable bonds is 7. The molecule has 0 aromatic heterocycles. The molecule has 0 bridgehead atoms. The molecule has 1 aliphatic heterocycles. The maximum absolute atomic E-state index is 12.0. The molecule has 0 unspecified atom stereocenters. The highest BCUT2D eigenvalue weighted by Crippen LogP contribution is 2.22. The molecule has 0 aliphatic carbocycles. The average Bonchev–Trinajstić information content (AvgIpc) is 3.23. The van der Waals surface area contributed by atoms with Gasteiger partial charge in [-0.15, -0.1) is 0 Å². The van der Waals surface area contributed by atoms with Gasteiger partial charge in [0.15, 0.2) is 13.2 Å². The topological polar surface area (TPSA) is 67.9 Å². The summed E-state index contributed by atoms with van der Waals surface area (Å²) < 4.78 is 10.5. The first-order chi connectivity index (χ1) is 13.5. The number of anilines is 2. The number of amides is 1. The fourth-order valence-electron chi connectivity index (χ4n) is 3.13. The monoisotopic (exact) mass is 382 g/mol. The Hall–Kier alpha value is -3.02. The molecule has 0 radical (unpaired) electrons. The molecule has 1 saturated heterocycles. The first-order valence-corrected chi connectivity index (χ1v) is 9.52. The molecule has 1 fully saturated rings. The van der Waals surface area contributed by atoms with Gasteiger partial charge in [-0.05, 0) is 68.1 Å². The Morgan fingerprint density at radius 3 is 2.43 bits per heavy atom. The van der Waals surface area contributed by atoms with Crippen LogP contribution in [0.4, 0.5) is 11.4 Å². The lowest BCUT2D eigenvalue weighted by Crippen LogP contribution is -2.24. The van der Waals surface area contributed by atoms with Crippen molar-refractivity contribution in [3.63, 3.8) is 0 Å². The van der Waals surface area contributed by atoms with Crippen molar-refractivity contribution in [3.8, 4) is 5.75 Å². The fourth-order valence-corrected chi connectivity index (χ4v) is 3.13. The number of nitrogens with one attached hydrogen (secondary N) is 1. The first-order valence-electron chi connectivity index (χ1n) is 9.52. The summed E-state index contributed by atoms with van der Waals surface area (Å²) in [5, 5.41) is 2.73. The van der Waals surface area contributed by atoms with Gasteiger partial charge >= 0.3 is 5.97 Å². The van der Waals surface area contributed by atoms with E-state index in [2.05, 4.69) is 10.2 Å². The second-order valence-electron chi connectivity index (χ2n) is 6.94. The van der Waals surface area contributed by atoms with Crippen molar-refractivity contribution in [2.75, 3.05) is 36.5 Å². The van der Waals surface area contributed by atoms with Gasteiger partial charge in [-0.25, -0.2) is 4.79 Å². The lowest BCUT2D eigenvalue weighted by Gasteiger charge is -2.17. The molecule has 28 heavy (non-hydrogen) atoms. The van der Waals surface area contributed by atoms with Gasteiger partial charge in [0.25, 0.3) is 5.91 Å². The summed E-state index contributed by atoms with van der Waals surface area (Å²) in [6.07, 6.45) is 2.44. The molecule has 3 rings (SSSR count). The smallest absolute Gasteiger partial charge is 0.344 e. The van der Waals surface area contributed by atoms with Crippen LogP contribution in [0.3, 0.4) is 0 Å². The molecule has 1 heterocycles. The van der Waals surface area contributed by atoms with Crippen molar-refractivity contribution >= 4 is 23.3 Å². The zero-order valence-electron chi connectivity index (χ0n) is 16.4. The number of aryl methyl sites for hydroxylation is 1. The van der Waals surface area contributed by atoms with E-state index in [1.54, 1.807) is 6.07 Å². The predicted molar refractivity (Wildman–Crippen MR) is 109 cm³/mol. The lowest BCUT2D eigenvalue weighted by molar-refractivity contribution is -0.149. The number of hydrogen-bond donors (Lipinski definition) is 1. The minimum Gasteiger partial charge on any atom is -0.482 e. The van der Waals surface area contributed by atoms with Crippen LogP contribution in [-0.2, 0) is 14.3 Å². The Morgan fingerprint density at radius 2 is 1.71 bits per heavy atom. The van der Waals surface area contributed by atoms with Gasteiger partial charge in [0, 0.05) is 24.5 Å². The van der Waals surface area contributed by atoms with E-state index in [-0.39, 0.29) is 19.1 Å².